The highest BCUT2D eigenvalue weighted by atomic mass is 79.9. The van der Waals surface area contributed by atoms with E-state index in [-0.39, 0.29) is 33.7 Å². The van der Waals surface area contributed by atoms with Gasteiger partial charge in [0, 0.05) is 27.1 Å². The van der Waals surface area contributed by atoms with Crippen LogP contribution in [0.15, 0.2) is 40.3 Å². The maximum atomic E-state index is 13.1. The number of hydrogen-bond acceptors (Lipinski definition) is 8. The second-order valence-corrected chi connectivity index (χ2v) is 7.49. The van der Waals surface area contributed by atoms with Crippen molar-refractivity contribution in [1.82, 2.24) is 0 Å². The van der Waals surface area contributed by atoms with E-state index in [1.54, 1.807) is 24.3 Å². The topological polar surface area (TPSA) is 126 Å². The van der Waals surface area contributed by atoms with Gasteiger partial charge in [0.25, 0.3) is 0 Å². The molecule has 1 aliphatic carbocycles. The number of nitrogens with one attached hydrogen (secondary N) is 1. The molecule has 3 rings (SSSR count). The van der Waals surface area contributed by atoms with Crippen molar-refractivity contribution in [1.29, 1.82) is 10.5 Å². The molecular formula is C19H11BrN4O3S. The molecule has 0 saturated carbocycles. The Hall–Kier alpha value is -3.14. The number of ketones is 2. The first-order valence-electron chi connectivity index (χ1n) is 7.94. The minimum absolute atomic E-state index is 0.0280. The van der Waals surface area contributed by atoms with Crippen LogP contribution in [0.1, 0.15) is 31.8 Å². The summed E-state index contributed by atoms with van der Waals surface area (Å²) in [4.78, 5) is 26.5. The van der Waals surface area contributed by atoms with E-state index < -0.39 is 17.3 Å². The van der Waals surface area contributed by atoms with Crippen LogP contribution in [0, 0.1) is 22.7 Å². The van der Waals surface area contributed by atoms with Gasteiger partial charge in [-0.25, -0.2) is 0 Å². The van der Waals surface area contributed by atoms with Crippen LogP contribution in [-0.4, -0.2) is 33.5 Å². The summed E-state index contributed by atoms with van der Waals surface area (Å²) >= 11 is 4.63. The highest BCUT2D eigenvalue weighted by Crippen LogP contribution is 2.42. The third kappa shape index (κ3) is 3.38. The van der Waals surface area contributed by atoms with E-state index >= 15 is 0 Å². The number of thioether (sulfide) groups is 1. The van der Waals surface area contributed by atoms with Gasteiger partial charge in [0.05, 0.1) is 16.8 Å². The fraction of sp³-hybridized carbons (Fsp3) is 0.105. The zero-order valence-electron chi connectivity index (χ0n) is 14.2. The summed E-state index contributed by atoms with van der Waals surface area (Å²) in [6.45, 7) is 0. The van der Waals surface area contributed by atoms with E-state index in [2.05, 4.69) is 26.5 Å². The van der Waals surface area contributed by atoms with Crippen LogP contribution in [-0.2, 0) is 0 Å². The Morgan fingerprint density at radius 1 is 1.14 bits per heavy atom. The molecule has 0 heterocycles. The number of hydrogen-bond donors (Lipinski definition) is 2. The largest absolute Gasteiger partial charge is 0.507 e. The summed E-state index contributed by atoms with van der Waals surface area (Å²) in [5.74, 6) is -0.628. The number of hydrazone groups is 1. The Bertz CT molecular complexity index is 1100. The van der Waals surface area contributed by atoms with Crippen LogP contribution < -0.4 is 5.43 Å². The summed E-state index contributed by atoms with van der Waals surface area (Å²) in [7, 11) is 0. The molecule has 0 amide bonds. The van der Waals surface area contributed by atoms with Gasteiger partial charge in [0.1, 0.15) is 17.9 Å². The number of halogens is 1. The van der Waals surface area contributed by atoms with E-state index in [0.717, 1.165) is 0 Å². The Morgan fingerprint density at radius 2 is 1.75 bits per heavy atom. The highest BCUT2D eigenvalue weighted by molar-refractivity contribution is 9.09. The van der Waals surface area contributed by atoms with E-state index in [0.29, 0.717) is 16.0 Å². The molecule has 0 unspecified atom stereocenters. The maximum absolute atomic E-state index is 13.1. The van der Waals surface area contributed by atoms with Gasteiger partial charge >= 0.3 is 0 Å². The molecule has 0 aliphatic heterocycles. The summed E-state index contributed by atoms with van der Waals surface area (Å²) in [5.41, 5.74) is 2.60. The van der Waals surface area contributed by atoms with Gasteiger partial charge < -0.3 is 5.11 Å². The normalized spacial score (nSPS) is 11.7. The summed E-state index contributed by atoms with van der Waals surface area (Å²) in [5, 5.41) is 32.7. The van der Waals surface area contributed by atoms with Gasteiger partial charge in [0.15, 0.2) is 11.6 Å². The molecule has 0 radical (unpaired) electrons. The number of aromatic hydroxyl groups is 1. The molecule has 0 aromatic heterocycles. The second kappa shape index (κ2) is 8.26. The van der Waals surface area contributed by atoms with Crippen molar-refractivity contribution in [3.8, 4) is 17.9 Å². The number of carbonyl (C=O) groups excluding carboxylic acids is 2. The zero-order valence-corrected chi connectivity index (χ0v) is 16.6. The molecule has 9 heteroatoms. The monoisotopic (exact) mass is 454 g/mol. The molecule has 0 fully saturated rings. The molecule has 2 aromatic rings. The van der Waals surface area contributed by atoms with Crippen LogP contribution in [0.25, 0.3) is 0 Å². The van der Waals surface area contributed by atoms with Gasteiger partial charge in [-0.15, -0.1) is 11.8 Å². The lowest BCUT2D eigenvalue weighted by atomic mass is 9.82. The first-order valence-corrected chi connectivity index (χ1v) is 10.0. The number of rotatable bonds is 5. The summed E-state index contributed by atoms with van der Waals surface area (Å²) in [6, 6.07) is 11.0. The molecule has 2 N–H and O–H groups in total. The lowest BCUT2D eigenvalue weighted by molar-refractivity contribution is 0.0977. The number of nitrogens with zero attached hydrogens (tertiary/aromatic N) is 3. The number of anilines is 1. The fourth-order valence-electron chi connectivity index (χ4n) is 2.81. The number of fused-ring (bicyclic) bond motifs is 2. The lowest BCUT2D eigenvalue weighted by Gasteiger charge is -2.22. The van der Waals surface area contributed by atoms with Crippen molar-refractivity contribution >= 4 is 50.7 Å². The smallest absolute Gasteiger partial charge is 0.237 e. The summed E-state index contributed by atoms with van der Waals surface area (Å²) in [6.07, 6.45) is 0. The molecule has 0 spiro atoms. The van der Waals surface area contributed by atoms with E-state index in [1.165, 1.54) is 30.0 Å². The molecule has 0 atom stereocenters. The molecule has 1 aliphatic rings. The quantitative estimate of drug-likeness (QED) is 0.198. The standard InChI is InChI=1S/C19H11BrN4O3S/c20-5-6-28-14-7-13(25)15-16(17(14)24-23-10(8-21)9-22)19(27)12-4-2-1-3-11(12)18(15)26/h1-4,7,24-25H,5-6H2. The van der Waals surface area contributed by atoms with Crippen molar-refractivity contribution in [2.75, 3.05) is 16.5 Å². The number of benzene rings is 2. The Kier molecular flexibility index (Phi) is 5.78. The van der Waals surface area contributed by atoms with E-state index in [1.807, 2.05) is 0 Å². The van der Waals surface area contributed by atoms with Gasteiger partial charge in [-0.1, -0.05) is 40.2 Å². The van der Waals surface area contributed by atoms with Gasteiger partial charge in [-0.05, 0) is 6.07 Å². The molecular weight excluding hydrogens is 444 g/mol. The Balaban J connectivity index is 2.26. The van der Waals surface area contributed by atoms with Gasteiger partial charge in [0.2, 0.25) is 5.71 Å². The van der Waals surface area contributed by atoms with Crippen molar-refractivity contribution in [3.05, 3.63) is 52.6 Å². The number of alkyl halides is 1. The molecule has 0 bridgehead atoms. The minimum Gasteiger partial charge on any atom is -0.507 e. The van der Waals surface area contributed by atoms with Gasteiger partial charge in [-0.3, -0.25) is 15.0 Å². The first kappa shape index (κ1) is 19.6. The van der Waals surface area contributed by atoms with Crippen LogP contribution in [0.4, 0.5) is 5.69 Å². The first-order chi connectivity index (χ1) is 13.5. The maximum Gasteiger partial charge on any atom is 0.237 e. The SMILES string of the molecule is N#CC(C#N)=NNc1c(SCCBr)cc(O)c2c1C(=O)c1ccccc1C2=O. The zero-order chi connectivity index (χ0) is 20.3. The molecule has 28 heavy (non-hydrogen) atoms. The van der Waals surface area contributed by atoms with E-state index in [9.17, 15) is 14.7 Å². The van der Waals surface area contributed by atoms with Crippen LogP contribution in [0.3, 0.4) is 0 Å². The van der Waals surface area contributed by atoms with Crippen LogP contribution in [0.2, 0.25) is 0 Å². The number of phenolic OH excluding ortho intramolecular Hbond substituents is 1. The predicted octanol–water partition coefficient (Wildman–Crippen LogP) is 3.47. The van der Waals surface area contributed by atoms with Crippen LogP contribution in [0.5, 0.6) is 5.75 Å². The summed E-state index contributed by atoms with van der Waals surface area (Å²) < 4.78 is 0. The van der Waals surface area contributed by atoms with E-state index in [4.69, 9.17) is 10.5 Å². The molecule has 0 saturated heterocycles. The highest BCUT2D eigenvalue weighted by Gasteiger charge is 2.35. The Labute approximate surface area is 172 Å². The van der Waals surface area contributed by atoms with Crippen molar-refractivity contribution < 1.29 is 14.7 Å². The molecule has 138 valence electrons. The predicted molar refractivity (Wildman–Crippen MR) is 108 cm³/mol. The average molecular weight is 455 g/mol. The van der Waals surface area contributed by atoms with Crippen molar-refractivity contribution in [2.45, 2.75) is 4.90 Å². The fourth-order valence-corrected chi connectivity index (χ4v) is 4.08. The minimum atomic E-state index is -0.479. The number of phenols is 1. The second-order valence-electron chi connectivity index (χ2n) is 5.56. The number of nitriles is 2. The van der Waals surface area contributed by atoms with Crippen molar-refractivity contribution in [3.63, 3.8) is 0 Å². The third-order valence-electron chi connectivity index (χ3n) is 3.97. The van der Waals surface area contributed by atoms with Crippen LogP contribution >= 0.6 is 27.7 Å². The average Bonchev–Trinajstić information content (AvgIpc) is 2.71. The molecule has 7 nitrogen and oxygen atoms in total. The third-order valence-corrected chi connectivity index (χ3v) is 5.93. The number of carbonyl (C=O) groups is 2. The Morgan fingerprint density at radius 3 is 2.32 bits per heavy atom. The van der Waals surface area contributed by atoms with Gasteiger partial charge in [-0.2, -0.15) is 15.6 Å². The lowest BCUT2D eigenvalue weighted by Crippen LogP contribution is -2.22. The van der Waals surface area contributed by atoms with Crippen molar-refractivity contribution in [2.24, 2.45) is 5.10 Å². The molecule has 2 aromatic carbocycles.